The number of carboxylic acids is 1. The first-order chi connectivity index (χ1) is 13.8. The van der Waals surface area contributed by atoms with Crippen LogP contribution in [0.3, 0.4) is 0 Å². The maximum atomic E-state index is 12.4. The third-order valence-electron chi connectivity index (χ3n) is 5.60. The molecule has 0 amide bonds. The zero-order valence-electron chi connectivity index (χ0n) is 17.0. The molecule has 6 heteroatoms. The fourth-order valence-corrected chi connectivity index (χ4v) is 3.93. The van der Waals surface area contributed by atoms with E-state index >= 15 is 0 Å². The highest BCUT2D eigenvalue weighted by Crippen LogP contribution is 2.34. The normalized spacial score (nSPS) is 16.2. The van der Waals surface area contributed by atoms with Crippen LogP contribution in [-0.2, 0) is 10.3 Å². The van der Waals surface area contributed by atoms with Gasteiger partial charge in [-0.3, -0.25) is 5.41 Å². The van der Waals surface area contributed by atoms with E-state index in [0.29, 0.717) is 23.2 Å². The minimum atomic E-state index is -1.29. The van der Waals surface area contributed by atoms with Crippen LogP contribution in [0.1, 0.15) is 55.7 Å². The summed E-state index contributed by atoms with van der Waals surface area (Å²) in [5.41, 5.74) is 7.09. The number of anilines is 1. The Labute approximate surface area is 171 Å². The van der Waals surface area contributed by atoms with Crippen LogP contribution in [0, 0.1) is 12.3 Å². The molecule has 0 saturated heterocycles. The van der Waals surface area contributed by atoms with E-state index in [2.05, 4.69) is 5.32 Å². The highest BCUT2D eigenvalue weighted by Gasteiger charge is 2.39. The summed E-state index contributed by atoms with van der Waals surface area (Å²) < 4.78 is 6.15. The predicted molar refractivity (Wildman–Crippen MR) is 115 cm³/mol. The van der Waals surface area contributed by atoms with Crippen molar-refractivity contribution in [3.8, 4) is 5.75 Å². The van der Waals surface area contributed by atoms with Crippen LogP contribution in [0.15, 0.2) is 42.5 Å². The molecule has 1 aliphatic carbocycles. The van der Waals surface area contributed by atoms with Gasteiger partial charge in [-0.2, -0.15) is 0 Å². The van der Waals surface area contributed by atoms with Crippen LogP contribution in [0.25, 0.3) is 0 Å². The minimum Gasteiger partial charge on any atom is -0.490 e. The molecule has 154 valence electrons. The lowest BCUT2D eigenvalue weighted by Crippen LogP contribution is -2.43. The van der Waals surface area contributed by atoms with Crippen molar-refractivity contribution in [2.75, 3.05) is 5.32 Å². The van der Waals surface area contributed by atoms with E-state index in [4.69, 9.17) is 15.9 Å². The molecule has 1 atom stereocenters. The van der Waals surface area contributed by atoms with Gasteiger partial charge >= 0.3 is 5.97 Å². The maximum absolute atomic E-state index is 12.4. The van der Waals surface area contributed by atoms with Crippen LogP contribution < -0.4 is 15.8 Å². The topological polar surface area (TPSA) is 108 Å². The van der Waals surface area contributed by atoms with Crippen molar-refractivity contribution >= 4 is 17.5 Å². The Morgan fingerprint density at radius 1 is 1.24 bits per heavy atom. The minimum absolute atomic E-state index is 0.0241. The molecule has 1 aliphatic rings. The second kappa shape index (κ2) is 8.55. The summed E-state index contributed by atoms with van der Waals surface area (Å²) in [5.74, 6) is -0.253. The average Bonchev–Trinajstić information content (AvgIpc) is 3.18. The number of aliphatic carboxylic acids is 1. The van der Waals surface area contributed by atoms with E-state index in [-0.39, 0.29) is 11.9 Å². The van der Waals surface area contributed by atoms with Crippen molar-refractivity contribution in [3.05, 3.63) is 59.2 Å². The summed E-state index contributed by atoms with van der Waals surface area (Å²) in [5, 5.41) is 20.9. The molecule has 0 heterocycles. The molecule has 5 N–H and O–H groups in total. The van der Waals surface area contributed by atoms with Gasteiger partial charge in [-0.15, -0.1) is 0 Å². The molecule has 29 heavy (non-hydrogen) atoms. The molecule has 0 aliphatic heterocycles. The summed E-state index contributed by atoms with van der Waals surface area (Å²) in [6, 6.07) is 12.6. The first kappa shape index (κ1) is 20.7. The third-order valence-corrected chi connectivity index (χ3v) is 5.60. The number of nitrogens with one attached hydrogen (secondary N) is 2. The molecular weight excluding hydrogens is 366 g/mol. The van der Waals surface area contributed by atoms with E-state index < -0.39 is 11.5 Å². The lowest BCUT2D eigenvalue weighted by Gasteiger charge is -2.32. The van der Waals surface area contributed by atoms with Gasteiger partial charge in [-0.25, -0.2) is 4.79 Å². The summed E-state index contributed by atoms with van der Waals surface area (Å²) in [4.78, 5) is 12.4. The summed E-state index contributed by atoms with van der Waals surface area (Å²) in [6.45, 7) is 3.81. The van der Waals surface area contributed by atoms with Gasteiger partial charge in [0, 0.05) is 11.3 Å². The van der Waals surface area contributed by atoms with Crippen molar-refractivity contribution < 1.29 is 14.6 Å². The van der Waals surface area contributed by atoms with Gasteiger partial charge in [0.05, 0.1) is 6.10 Å². The standard InChI is InChI=1S/C23H29N3O3/c1-3-23(22(27)28,26-18-10-8-16(9-11-18)21(24)25)17-12-15(2)13-20(14-17)29-19-6-4-5-7-19/h8-14,19,26H,3-7H2,1-2H3,(H3,24,25)(H,27,28). The van der Waals surface area contributed by atoms with Gasteiger partial charge < -0.3 is 20.9 Å². The smallest absolute Gasteiger partial charge is 0.334 e. The van der Waals surface area contributed by atoms with E-state index in [0.717, 1.165) is 24.2 Å². The molecule has 0 spiro atoms. The Balaban J connectivity index is 1.95. The van der Waals surface area contributed by atoms with Gasteiger partial charge in [-0.1, -0.05) is 13.0 Å². The monoisotopic (exact) mass is 395 g/mol. The highest BCUT2D eigenvalue weighted by molar-refractivity contribution is 5.95. The number of rotatable bonds is 8. The van der Waals surface area contributed by atoms with Crippen LogP contribution in [0.4, 0.5) is 5.69 Å². The molecule has 0 bridgehead atoms. The lowest BCUT2D eigenvalue weighted by atomic mass is 9.85. The summed E-state index contributed by atoms with van der Waals surface area (Å²) in [6.07, 6.45) is 5.00. The molecular formula is C23H29N3O3. The van der Waals surface area contributed by atoms with Gasteiger partial charge in [-0.05, 0) is 86.6 Å². The molecule has 1 unspecified atom stereocenters. The van der Waals surface area contributed by atoms with E-state index in [9.17, 15) is 9.90 Å². The Morgan fingerprint density at radius 3 is 2.45 bits per heavy atom. The Kier molecular flexibility index (Phi) is 6.11. The highest BCUT2D eigenvalue weighted by atomic mass is 16.5. The van der Waals surface area contributed by atoms with Crippen LogP contribution in [0.2, 0.25) is 0 Å². The van der Waals surface area contributed by atoms with Crippen LogP contribution >= 0.6 is 0 Å². The number of nitrogens with two attached hydrogens (primary N) is 1. The molecule has 1 saturated carbocycles. The van der Waals surface area contributed by atoms with Crippen molar-refractivity contribution in [1.82, 2.24) is 0 Å². The molecule has 0 radical (unpaired) electrons. The van der Waals surface area contributed by atoms with E-state index in [1.54, 1.807) is 24.3 Å². The second-order valence-electron chi connectivity index (χ2n) is 7.74. The first-order valence-electron chi connectivity index (χ1n) is 10.1. The number of aryl methyl sites for hydroxylation is 1. The number of carboxylic acid groups (broad SMARTS) is 1. The predicted octanol–water partition coefficient (Wildman–Crippen LogP) is 4.40. The van der Waals surface area contributed by atoms with Crippen molar-refractivity contribution in [2.45, 2.75) is 57.6 Å². The average molecular weight is 396 g/mol. The molecule has 0 aromatic heterocycles. The number of ether oxygens (including phenoxy) is 1. The van der Waals surface area contributed by atoms with Crippen LogP contribution in [-0.4, -0.2) is 23.0 Å². The number of benzene rings is 2. The van der Waals surface area contributed by atoms with Crippen molar-refractivity contribution in [3.63, 3.8) is 0 Å². The van der Waals surface area contributed by atoms with Crippen molar-refractivity contribution in [2.24, 2.45) is 5.73 Å². The summed E-state index contributed by atoms with van der Waals surface area (Å²) in [7, 11) is 0. The number of amidine groups is 1. The fraction of sp³-hybridized carbons (Fsp3) is 0.391. The number of hydrogen-bond donors (Lipinski definition) is 4. The Bertz CT molecular complexity index is 889. The Hall–Kier alpha value is -3.02. The number of nitrogen functional groups attached to an aromatic ring is 1. The van der Waals surface area contributed by atoms with Crippen molar-refractivity contribution in [1.29, 1.82) is 5.41 Å². The van der Waals surface area contributed by atoms with Gasteiger partial charge in [0.25, 0.3) is 0 Å². The number of carbonyl (C=O) groups is 1. The fourth-order valence-electron chi connectivity index (χ4n) is 3.93. The molecule has 1 fully saturated rings. The third kappa shape index (κ3) is 4.53. The lowest BCUT2D eigenvalue weighted by molar-refractivity contribution is -0.142. The van der Waals surface area contributed by atoms with E-state index in [1.807, 2.05) is 32.0 Å². The molecule has 2 aromatic carbocycles. The Morgan fingerprint density at radius 2 is 1.90 bits per heavy atom. The largest absolute Gasteiger partial charge is 0.490 e. The molecule has 3 rings (SSSR count). The quantitative estimate of drug-likeness (QED) is 0.391. The van der Waals surface area contributed by atoms with Crippen LogP contribution in [0.5, 0.6) is 5.75 Å². The second-order valence-corrected chi connectivity index (χ2v) is 7.74. The zero-order valence-corrected chi connectivity index (χ0v) is 17.0. The number of hydrogen-bond acceptors (Lipinski definition) is 4. The first-order valence-corrected chi connectivity index (χ1v) is 10.1. The van der Waals surface area contributed by atoms with Gasteiger partial charge in [0.1, 0.15) is 11.6 Å². The SMILES string of the molecule is CCC(Nc1ccc(C(=N)N)cc1)(C(=O)O)c1cc(C)cc(OC2CCCC2)c1. The van der Waals surface area contributed by atoms with Gasteiger partial charge in [0.2, 0.25) is 0 Å². The zero-order chi connectivity index (χ0) is 21.0. The molecule has 2 aromatic rings. The molecule has 6 nitrogen and oxygen atoms in total. The van der Waals surface area contributed by atoms with Gasteiger partial charge in [0.15, 0.2) is 5.54 Å². The van der Waals surface area contributed by atoms with E-state index in [1.165, 1.54) is 12.8 Å². The summed E-state index contributed by atoms with van der Waals surface area (Å²) >= 11 is 0. The maximum Gasteiger partial charge on any atom is 0.334 e.